The van der Waals surface area contributed by atoms with E-state index in [4.69, 9.17) is 6.85 Å². The molecule has 0 atom stereocenters. The van der Waals surface area contributed by atoms with Gasteiger partial charge in [0.2, 0.25) is 0 Å². The van der Waals surface area contributed by atoms with Crippen LogP contribution in [0.15, 0.2) is 340 Å². The summed E-state index contributed by atoms with van der Waals surface area (Å²) in [5.74, 6) is 0. The third-order valence-electron chi connectivity index (χ3n) is 16.9. The van der Waals surface area contributed by atoms with Crippen molar-refractivity contribution in [1.82, 2.24) is 4.57 Å². The van der Waals surface area contributed by atoms with Gasteiger partial charge in [0.1, 0.15) is 0 Å². The maximum Gasteiger partial charge on any atom is 0.184 e. The van der Waals surface area contributed by atoms with Gasteiger partial charge in [0.15, 0.2) is 16.1 Å². The normalized spacial score (nSPS) is 13.6. The highest BCUT2D eigenvalue weighted by Gasteiger charge is 2.49. The summed E-state index contributed by atoms with van der Waals surface area (Å²) in [6, 6.07) is 111. The van der Waals surface area contributed by atoms with E-state index in [-0.39, 0.29) is 29.7 Å². The molecule has 0 radical (unpaired) electrons. The zero-order chi connectivity index (χ0) is 58.8. The Bertz CT molecular complexity index is 4790. The second kappa shape index (κ2) is 20.5. The van der Waals surface area contributed by atoms with E-state index in [9.17, 15) is 0 Å². The molecule has 2 nitrogen and oxygen atoms in total. The van der Waals surface area contributed by atoms with Gasteiger partial charge in [0, 0.05) is 33.5 Å². The lowest BCUT2D eigenvalue weighted by atomic mass is 10.0. The number of nitrogens with zero attached hydrogens (tertiary/aromatic N) is 2. The van der Waals surface area contributed by atoms with Gasteiger partial charge in [0.25, 0.3) is 0 Å². The third kappa shape index (κ3) is 7.98. The quantitative estimate of drug-likeness (QED) is 0.0926. The fraction of sp³-hybridized carbons (Fsp3) is 0. The first-order chi connectivity index (χ1) is 42.7. The largest absolute Gasteiger partial charge is 0.311 e. The summed E-state index contributed by atoms with van der Waals surface area (Å²) in [4.78, 5) is 2.34. The van der Waals surface area contributed by atoms with Crippen LogP contribution in [0.2, 0.25) is 0 Å². The fourth-order valence-electron chi connectivity index (χ4n) is 13.4. The second-order valence-electron chi connectivity index (χ2n) is 21.2. The smallest absolute Gasteiger partial charge is 0.184 e. The topological polar surface area (TPSA) is 8.17 Å². The van der Waals surface area contributed by atoms with Gasteiger partial charge in [-0.15, -0.1) is 0 Å². The first-order valence-corrected chi connectivity index (χ1v) is 32.0. The van der Waals surface area contributed by atoms with Gasteiger partial charge in [0.05, 0.1) is 17.9 Å². The molecule has 2 heterocycles. The summed E-state index contributed by atoms with van der Waals surface area (Å²) >= 11 is 0. The molecule has 82 heavy (non-hydrogen) atoms. The van der Waals surface area contributed by atoms with E-state index in [1.54, 1.807) is 0 Å². The van der Waals surface area contributed by atoms with Gasteiger partial charge in [-0.1, -0.05) is 297 Å². The molecule has 13 aromatic carbocycles. The van der Waals surface area contributed by atoms with Crippen LogP contribution in [0, 0.1) is 0 Å². The Morgan fingerprint density at radius 1 is 0.293 bits per heavy atom. The molecule has 0 amide bonds. The fourth-order valence-corrected chi connectivity index (χ4v) is 23.3. The Balaban J connectivity index is 1.00. The van der Waals surface area contributed by atoms with Crippen LogP contribution in [0.4, 0.5) is 17.1 Å². The number of hydrogen-bond acceptors (Lipinski definition) is 1. The molecule has 0 N–H and O–H groups in total. The third-order valence-corrected chi connectivity index (χ3v) is 26.4. The van der Waals surface area contributed by atoms with E-state index in [1.807, 2.05) is 18.2 Å². The predicted octanol–water partition coefficient (Wildman–Crippen LogP) is 14.3. The van der Waals surface area contributed by atoms with Crippen molar-refractivity contribution in [1.29, 1.82) is 0 Å². The van der Waals surface area contributed by atoms with Gasteiger partial charge in [-0.2, -0.15) is 0 Å². The van der Waals surface area contributed by atoms with Crippen LogP contribution in [0.25, 0.3) is 60.9 Å². The lowest BCUT2D eigenvalue weighted by Crippen LogP contribution is -2.77. The minimum atomic E-state index is -3.19. The van der Waals surface area contributed by atoms with Crippen LogP contribution in [0.1, 0.15) is 6.85 Å². The summed E-state index contributed by atoms with van der Waals surface area (Å²) in [6.07, 6.45) is 0. The van der Waals surface area contributed by atoms with E-state index in [1.165, 1.54) is 63.7 Å². The summed E-state index contributed by atoms with van der Waals surface area (Å²) in [5.41, 5.74) is 11.4. The molecule has 0 unspecified atom stereocenters. The van der Waals surface area contributed by atoms with Crippen LogP contribution in [-0.4, -0.2) is 20.7 Å². The van der Waals surface area contributed by atoms with Crippen molar-refractivity contribution in [2.24, 2.45) is 0 Å². The number of rotatable bonds is 11. The minimum Gasteiger partial charge on any atom is -0.311 e. The lowest BCUT2D eigenvalue weighted by molar-refractivity contribution is 1.17. The van der Waals surface area contributed by atoms with Crippen molar-refractivity contribution in [3.63, 3.8) is 0 Å². The first kappa shape index (κ1) is 43.7. The number of anilines is 3. The van der Waals surface area contributed by atoms with E-state index >= 15 is 0 Å². The predicted molar refractivity (Wildman–Crippen MR) is 353 cm³/mol. The summed E-state index contributed by atoms with van der Waals surface area (Å²) in [6.45, 7) is 0. The molecule has 0 saturated heterocycles. The van der Waals surface area contributed by atoms with Gasteiger partial charge < -0.3 is 9.47 Å². The minimum absolute atomic E-state index is 0.163. The van der Waals surface area contributed by atoms with Crippen LogP contribution < -0.4 is 46.4 Å². The van der Waals surface area contributed by atoms with Crippen LogP contribution >= 0.6 is 0 Å². The Morgan fingerprint density at radius 2 is 0.780 bits per heavy atom. The van der Waals surface area contributed by atoms with Crippen molar-refractivity contribution >= 4 is 96.5 Å². The number of fused-ring (bicyclic) bond motifs is 5. The van der Waals surface area contributed by atoms with Crippen LogP contribution in [0.5, 0.6) is 0 Å². The molecule has 0 fully saturated rings. The Labute approximate surface area is 488 Å². The standard InChI is InChI=1S/C78H56N2Si2/c1-7-26-57(27-8-1)60-32-23-35-63(52-60)80-75-46-21-22-47-77(75)82(66-38-15-5-16-39-66,67-40-17-6-18-41-67)78-51-48-64(55-76(78)80)79-73-45-20-19-44-71(73)72-56-70(49-50-74(72)79)81(65-36-13-4-14-37-65,68-42-24-33-61(53-68)58-28-9-2-10-29-58)69-43-25-34-62(54-69)59-30-11-3-12-31-59/h1-56H/i1D,7D,8D,26D,27D. The molecule has 1 aliphatic heterocycles. The number of aromatic nitrogens is 1. The monoisotopic (exact) mass is 1080 g/mol. The van der Waals surface area contributed by atoms with E-state index in [2.05, 4.69) is 301 Å². The van der Waals surface area contributed by atoms with Crippen LogP contribution in [-0.2, 0) is 0 Å². The average molecular weight is 1080 g/mol. The summed E-state index contributed by atoms with van der Waals surface area (Å²) < 4.78 is 46.4. The van der Waals surface area contributed by atoms with E-state index in [0.717, 1.165) is 44.6 Å². The van der Waals surface area contributed by atoms with Crippen molar-refractivity contribution < 1.29 is 6.85 Å². The molecule has 0 saturated carbocycles. The zero-order valence-corrected chi connectivity index (χ0v) is 46.8. The molecule has 15 rings (SSSR count). The highest BCUT2D eigenvalue weighted by atomic mass is 28.3. The molecule has 1 aliphatic rings. The van der Waals surface area contributed by atoms with E-state index < -0.39 is 22.2 Å². The van der Waals surface area contributed by atoms with Gasteiger partial charge in [-0.25, -0.2) is 0 Å². The molecule has 4 heteroatoms. The molecule has 1 aromatic heterocycles. The summed E-state index contributed by atoms with van der Waals surface area (Å²) in [5, 5.41) is 12.4. The molecule has 0 aliphatic carbocycles. The zero-order valence-electron chi connectivity index (χ0n) is 49.8. The summed E-state index contributed by atoms with van der Waals surface area (Å²) in [7, 11) is -6.33. The van der Waals surface area contributed by atoms with Gasteiger partial charge in [-0.05, 0) is 117 Å². The Morgan fingerprint density at radius 3 is 1.43 bits per heavy atom. The molecule has 14 aromatic rings. The number of para-hydroxylation sites is 2. The number of hydrogen-bond donors (Lipinski definition) is 0. The van der Waals surface area contributed by atoms with Crippen LogP contribution in [0.3, 0.4) is 0 Å². The second-order valence-corrected chi connectivity index (χ2v) is 28.7. The molecular weight excluding hydrogens is 1020 g/mol. The molecule has 0 bridgehead atoms. The Kier molecular flexibility index (Phi) is 10.9. The highest BCUT2D eigenvalue weighted by Crippen LogP contribution is 2.42. The Hall–Kier alpha value is -10.1. The maximum atomic E-state index is 9.08. The maximum absolute atomic E-state index is 9.08. The molecule has 386 valence electrons. The van der Waals surface area contributed by atoms with Crippen molar-refractivity contribution in [3.8, 4) is 39.1 Å². The van der Waals surface area contributed by atoms with E-state index in [0.29, 0.717) is 5.56 Å². The highest BCUT2D eigenvalue weighted by molar-refractivity contribution is 7.21. The van der Waals surface area contributed by atoms with Crippen molar-refractivity contribution in [3.05, 3.63) is 340 Å². The first-order valence-electron chi connectivity index (χ1n) is 30.5. The van der Waals surface area contributed by atoms with Crippen molar-refractivity contribution in [2.75, 3.05) is 4.90 Å². The average Bonchev–Trinajstić information content (AvgIpc) is 1.25. The molecular formula is C78H56N2Si2. The van der Waals surface area contributed by atoms with Crippen molar-refractivity contribution in [2.45, 2.75) is 0 Å². The SMILES string of the molecule is [2H]c1c([2H])c([2H])c(-c2cccc(N3c4ccccc4[Si](c4ccccc4)(c4ccccc4)c4ccc(-n5c6ccccc6c6cc([Si](c7ccccc7)(c7cccc(-c8ccccc8)c7)c7cccc(-c8ccccc8)c7)ccc65)cc43)c2)c([2H])c1[2H]. The lowest BCUT2D eigenvalue weighted by Gasteiger charge is -2.45. The van der Waals surface area contributed by atoms with Gasteiger partial charge in [-0.3, -0.25) is 0 Å². The molecule has 0 spiro atoms. The number of benzene rings is 13. The van der Waals surface area contributed by atoms with Gasteiger partial charge >= 0.3 is 0 Å².